The third-order valence-corrected chi connectivity index (χ3v) is 3.75. The first-order chi connectivity index (χ1) is 6.77. The first-order valence-corrected chi connectivity index (χ1v) is 5.88. The molecule has 2 rings (SSSR count). The van der Waals surface area contributed by atoms with Gasteiger partial charge < -0.3 is 4.74 Å². The molecule has 0 aromatic carbocycles. The minimum absolute atomic E-state index is 0.228. The predicted molar refractivity (Wildman–Crippen MR) is 55.1 cm³/mol. The van der Waals surface area contributed by atoms with Crippen molar-refractivity contribution < 1.29 is 9.53 Å². The highest BCUT2D eigenvalue weighted by molar-refractivity contribution is 5.82. The van der Waals surface area contributed by atoms with E-state index in [1.807, 2.05) is 0 Å². The molecule has 80 valence electrons. The van der Waals surface area contributed by atoms with E-state index in [0.29, 0.717) is 31.3 Å². The van der Waals surface area contributed by atoms with Crippen LogP contribution in [0.25, 0.3) is 0 Å². The molecule has 0 N–H and O–H groups in total. The molecule has 3 unspecified atom stereocenters. The average Bonchev–Trinajstić information content (AvgIpc) is 2.18. The quantitative estimate of drug-likeness (QED) is 0.643. The molecule has 2 aliphatic rings. The van der Waals surface area contributed by atoms with Gasteiger partial charge in [0.15, 0.2) is 0 Å². The van der Waals surface area contributed by atoms with Crippen LogP contribution in [0, 0.1) is 17.8 Å². The van der Waals surface area contributed by atoms with Crippen LogP contribution in [-0.4, -0.2) is 19.0 Å². The second-order valence-corrected chi connectivity index (χ2v) is 4.93. The Kier molecular flexibility index (Phi) is 3.22. The number of ketones is 1. The zero-order valence-corrected chi connectivity index (χ0v) is 9.00. The lowest BCUT2D eigenvalue weighted by molar-refractivity contribution is -0.134. The van der Waals surface area contributed by atoms with Crippen molar-refractivity contribution in [1.29, 1.82) is 0 Å². The molecule has 1 saturated carbocycles. The van der Waals surface area contributed by atoms with Crippen molar-refractivity contribution in [2.24, 2.45) is 17.8 Å². The maximum Gasteiger partial charge on any atom is 0.140 e. The van der Waals surface area contributed by atoms with Gasteiger partial charge in [0, 0.05) is 12.3 Å². The fourth-order valence-corrected chi connectivity index (χ4v) is 2.91. The molecule has 1 saturated heterocycles. The SMILES string of the molecule is CC1CCCC(C2COCCC2=O)C1. The molecule has 1 heterocycles. The molecule has 2 fully saturated rings. The normalized spacial score (nSPS) is 39.8. The van der Waals surface area contributed by atoms with Gasteiger partial charge in [-0.25, -0.2) is 0 Å². The van der Waals surface area contributed by atoms with Crippen LogP contribution in [0.5, 0.6) is 0 Å². The first-order valence-electron chi connectivity index (χ1n) is 5.88. The number of ether oxygens (including phenoxy) is 1. The lowest BCUT2D eigenvalue weighted by Gasteiger charge is -2.34. The molecule has 1 aliphatic carbocycles. The van der Waals surface area contributed by atoms with Gasteiger partial charge in [0.2, 0.25) is 0 Å². The summed E-state index contributed by atoms with van der Waals surface area (Å²) < 4.78 is 5.42. The highest BCUT2D eigenvalue weighted by Crippen LogP contribution is 2.35. The van der Waals surface area contributed by atoms with Crippen molar-refractivity contribution in [3.8, 4) is 0 Å². The van der Waals surface area contributed by atoms with Crippen molar-refractivity contribution in [2.45, 2.75) is 39.0 Å². The first kappa shape index (κ1) is 10.2. The second kappa shape index (κ2) is 4.43. The zero-order valence-electron chi connectivity index (χ0n) is 9.00. The largest absolute Gasteiger partial charge is 0.380 e. The summed E-state index contributed by atoms with van der Waals surface area (Å²) in [5, 5.41) is 0. The minimum Gasteiger partial charge on any atom is -0.380 e. The second-order valence-electron chi connectivity index (χ2n) is 4.93. The third kappa shape index (κ3) is 2.17. The number of Topliss-reactive ketones (excluding diaryl/α,β-unsaturated/α-hetero) is 1. The molecular weight excluding hydrogens is 176 g/mol. The Balaban J connectivity index is 1.94. The Morgan fingerprint density at radius 3 is 2.93 bits per heavy atom. The summed E-state index contributed by atoms with van der Waals surface area (Å²) in [4.78, 5) is 11.7. The van der Waals surface area contributed by atoms with Gasteiger partial charge in [0.1, 0.15) is 5.78 Å². The van der Waals surface area contributed by atoms with E-state index >= 15 is 0 Å². The molecule has 2 nitrogen and oxygen atoms in total. The Labute approximate surface area is 86.0 Å². The van der Waals surface area contributed by atoms with Gasteiger partial charge in [0.05, 0.1) is 13.2 Å². The van der Waals surface area contributed by atoms with Crippen LogP contribution >= 0.6 is 0 Å². The summed E-state index contributed by atoms with van der Waals surface area (Å²) in [7, 11) is 0. The molecule has 0 aromatic rings. The maximum atomic E-state index is 11.7. The summed E-state index contributed by atoms with van der Waals surface area (Å²) in [6.07, 6.45) is 5.77. The molecule has 0 amide bonds. The van der Waals surface area contributed by atoms with Gasteiger partial charge in [-0.15, -0.1) is 0 Å². The van der Waals surface area contributed by atoms with E-state index in [2.05, 4.69) is 6.92 Å². The molecule has 2 heteroatoms. The van der Waals surface area contributed by atoms with Crippen LogP contribution in [-0.2, 0) is 9.53 Å². The zero-order chi connectivity index (χ0) is 9.97. The van der Waals surface area contributed by atoms with Crippen molar-refractivity contribution in [1.82, 2.24) is 0 Å². The molecule has 0 spiro atoms. The number of hydrogen-bond acceptors (Lipinski definition) is 2. The van der Waals surface area contributed by atoms with E-state index < -0.39 is 0 Å². The summed E-state index contributed by atoms with van der Waals surface area (Å²) >= 11 is 0. The molecule has 1 aliphatic heterocycles. The Hall–Kier alpha value is -0.370. The Morgan fingerprint density at radius 1 is 1.36 bits per heavy atom. The van der Waals surface area contributed by atoms with E-state index in [0.717, 1.165) is 5.92 Å². The summed E-state index contributed by atoms with van der Waals surface area (Å²) in [5.41, 5.74) is 0. The number of carbonyl (C=O) groups excluding carboxylic acids is 1. The molecule has 0 radical (unpaired) electrons. The summed E-state index contributed by atoms with van der Waals surface area (Å²) in [6, 6.07) is 0. The lowest BCUT2D eigenvalue weighted by atomic mass is 9.74. The van der Waals surface area contributed by atoms with Crippen LogP contribution in [0.3, 0.4) is 0 Å². The van der Waals surface area contributed by atoms with Gasteiger partial charge in [-0.05, 0) is 24.7 Å². The molecule has 0 aromatic heterocycles. The number of hydrogen-bond donors (Lipinski definition) is 0. The monoisotopic (exact) mass is 196 g/mol. The van der Waals surface area contributed by atoms with Crippen LogP contribution in [0.15, 0.2) is 0 Å². The van der Waals surface area contributed by atoms with Gasteiger partial charge in [0.25, 0.3) is 0 Å². The fourth-order valence-electron chi connectivity index (χ4n) is 2.91. The van der Waals surface area contributed by atoms with Gasteiger partial charge in [-0.2, -0.15) is 0 Å². The average molecular weight is 196 g/mol. The number of rotatable bonds is 1. The van der Waals surface area contributed by atoms with E-state index in [4.69, 9.17) is 4.74 Å². The standard InChI is InChI=1S/C12H20O2/c1-9-3-2-4-10(7-9)11-8-14-6-5-12(11)13/h9-11H,2-8H2,1H3. The van der Waals surface area contributed by atoms with Crippen LogP contribution in [0.1, 0.15) is 39.0 Å². The summed E-state index contributed by atoms with van der Waals surface area (Å²) in [5.74, 6) is 2.11. The smallest absolute Gasteiger partial charge is 0.140 e. The topological polar surface area (TPSA) is 26.3 Å². The van der Waals surface area contributed by atoms with Crippen LogP contribution in [0.4, 0.5) is 0 Å². The fraction of sp³-hybridized carbons (Fsp3) is 0.917. The van der Waals surface area contributed by atoms with E-state index in [-0.39, 0.29) is 5.92 Å². The molecule has 0 bridgehead atoms. The van der Waals surface area contributed by atoms with Crippen molar-refractivity contribution in [3.05, 3.63) is 0 Å². The van der Waals surface area contributed by atoms with E-state index in [1.165, 1.54) is 25.7 Å². The highest BCUT2D eigenvalue weighted by Gasteiger charge is 2.33. The number of carbonyl (C=O) groups is 1. The van der Waals surface area contributed by atoms with Crippen molar-refractivity contribution in [3.63, 3.8) is 0 Å². The Bertz CT molecular complexity index is 212. The summed E-state index contributed by atoms with van der Waals surface area (Å²) in [6.45, 7) is 3.65. The molecule has 14 heavy (non-hydrogen) atoms. The van der Waals surface area contributed by atoms with Crippen molar-refractivity contribution >= 4 is 5.78 Å². The van der Waals surface area contributed by atoms with E-state index in [1.54, 1.807) is 0 Å². The highest BCUT2D eigenvalue weighted by atomic mass is 16.5. The Morgan fingerprint density at radius 2 is 2.21 bits per heavy atom. The van der Waals surface area contributed by atoms with Gasteiger partial charge in [-0.1, -0.05) is 19.8 Å². The van der Waals surface area contributed by atoms with Crippen LogP contribution in [0.2, 0.25) is 0 Å². The van der Waals surface area contributed by atoms with Gasteiger partial charge in [-0.3, -0.25) is 4.79 Å². The molecular formula is C12H20O2. The lowest BCUT2D eigenvalue weighted by Crippen LogP contribution is -2.35. The maximum absolute atomic E-state index is 11.7. The van der Waals surface area contributed by atoms with Crippen molar-refractivity contribution in [2.75, 3.05) is 13.2 Å². The van der Waals surface area contributed by atoms with Crippen LogP contribution < -0.4 is 0 Å². The van der Waals surface area contributed by atoms with Gasteiger partial charge >= 0.3 is 0 Å². The predicted octanol–water partition coefficient (Wildman–Crippen LogP) is 2.42. The van der Waals surface area contributed by atoms with E-state index in [9.17, 15) is 4.79 Å². The minimum atomic E-state index is 0.228. The third-order valence-electron chi connectivity index (χ3n) is 3.75. The molecule has 3 atom stereocenters.